The van der Waals surface area contributed by atoms with Crippen molar-refractivity contribution in [1.29, 1.82) is 0 Å². The van der Waals surface area contributed by atoms with Gasteiger partial charge in [0, 0.05) is 11.8 Å². The van der Waals surface area contributed by atoms with Gasteiger partial charge in [-0.1, -0.05) is 6.07 Å². The second kappa shape index (κ2) is 7.09. The van der Waals surface area contributed by atoms with Crippen molar-refractivity contribution < 1.29 is 13.9 Å². The summed E-state index contributed by atoms with van der Waals surface area (Å²) in [6, 6.07) is 10.3. The zero-order valence-electron chi connectivity index (χ0n) is 12.6. The van der Waals surface area contributed by atoms with Gasteiger partial charge in [-0.25, -0.2) is 4.39 Å². The quantitative estimate of drug-likeness (QED) is 0.835. The Morgan fingerprint density at radius 1 is 1.00 bits per heavy atom. The van der Waals surface area contributed by atoms with E-state index in [-0.39, 0.29) is 5.75 Å². The van der Waals surface area contributed by atoms with Crippen molar-refractivity contribution in [1.82, 2.24) is 0 Å². The van der Waals surface area contributed by atoms with Crippen LogP contribution in [0.2, 0.25) is 0 Å². The Kier molecular flexibility index (Phi) is 5.16. The van der Waals surface area contributed by atoms with Crippen LogP contribution in [0.1, 0.15) is 5.56 Å². The van der Waals surface area contributed by atoms with Crippen LogP contribution in [-0.4, -0.2) is 19.3 Å². The SMILES string of the molecule is COc1ccc(NC(=S)Nc2cc(C)ccc2OC)cc1F. The van der Waals surface area contributed by atoms with E-state index in [4.69, 9.17) is 21.7 Å². The number of nitrogens with one attached hydrogen (secondary N) is 2. The Morgan fingerprint density at radius 2 is 1.68 bits per heavy atom. The summed E-state index contributed by atoms with van der Waals surface area (Å²) >= 11 is 5.24. The normalized spacial score (nSPS) is 10.0. The van der Waals surface area contributed by atoms with Gasteiger partial charge in [-0.15, -0.1) is 0 Å². The summed E-state index contributed by atoms with van der Waals surface area (Å²) in [6.07, 6.45) is 0. The highest BCUT2D eigenvalue weighted by molar-refractivity contribution is 7.80. The topological polar surface area (TPSA) is 42.5 Å². The molecule has 0 atom stereocenters. The molecule has 0 aromatic heterocycles. The Balaban J connectivity index is 2.10. The number of halogens is 1. The summed E-state index contributed by atoms with van der Waals surface area (Å²) in [5, 5.41) is 6.30. The molecular formula is C16H17FN2O2S. The molecule has 2 aromatic carbocycles. The monoisotopic (exact) mass is 320 g/mol. The van der Waals surface area contributed by atoms with Crippen molar-refractivity contribution in [3.8, 4) is 11.5 Å². The molecular weight excluding hydrogens is 303 g/mol. The number of benzene rings is 2. The van der Waals surface area contributed by atoms with Crippen LogP contribution < -0.4 is 20.1 Å². The lowest BCUT2D eigenvalue weighted by atomic mass is 10.2. The van der Waals surface area contributed by atoms with Gasteiger partial charge in [0.1, 0.15) is 5.75 Å². The summed E-state index contributed by atoms with van der Waals surface area (Å²) in [7, 11) is 3.01. The van der Waals surface area contributed by atoms with Gasteiger partial charge in [-0.2, -0.15) is 0 Å². The van der Waals surface area contributed by atoms with Gasteiger partial charge in [0.15, 0.2) is 16.7 Å². The molecule has 2 rings (SSSR count). The van der Waals surface area contributed by atoms with Gasteiger partial charge < -0.3 is 20.1 Å². The molecule has 0 radical (unpaired) electrons. The first-order chi connectivity index (χ1) is 10.5. The Bertz CT molecular complexity index is 692. The molecule has 0 heterocycles. The Labute approximate surface area is 134 Å². The maximum atomic E-state index is 13.7. The fraction of sp³-hybridized carbons (Fsp3) is 0.188. The van der Waals surface area contributed by atoms with Gasteiger partial charge in [-0.05, 0) is 49.0 Å². The minimum atomic E-state index is -0.455. The lowest BCUT2D eigenvalue weighted by Gasteiger charge is -2.14. The van der Waals surface area contributed by atoms with Crippen molar-refractivity contribution in [2.45, 2.75) is 6.92 Å². The molecule has 0 aliphatic rings. The minimum Gasteiger partial charge on any atom is -0.495 e. The summed E-state index contributed by atoms with van der Waals surface area (Å²) < 4.78 is 23.8. The van der Waals surface area contributed by atoms with E-state index in [0.717, 1.165) is 11.3 Å². The van der Waals surface area contributed by atoms with E-state index in [2.05, 4.69) is 10.6 Å². The predicted octanol–water partition coefficient (Wildman–Crippen LogP) is 3.96. The van der Waals surface area contributed by atoms with Crippen LogP contribution in [0.3, 0.4) is 0 Å². The maximum absolute atomic E-state index is 13.7. The third-order valence-corrected chi connectivity index (χ3v) is 3.22. The lowest BCUT2D eigenvalue weighted by molar-refractivity contribution is 0.387. The van der Waals surface area contributed by atoms with Crippen LogP contribution in [0.15, 0.2) is 36.4 Å². The van der Waals surface area contributed by atoms with Crippen molar-refractivity contribution in [2.24, 2.45) is 0 Å². The number of aryl methyl sites for hydroxylation is 1. The molecule has 0 spiro atoms. The average Bonchev–Trinajstić information content (AvgIpc) is 2.47. The molecule has 0 fully saturated rings. The van der Waals surface area contributed by atoms with Gasteiger partial charge in [0.2, 0.25) is 0 Å². The molecule has 0 saturated heterocycles. The van der Waals surface area contributed by atoms with Crippen LogP contribution in [0.5, 0.6) is 11.5 Å². The molecule has 0 saturated carbocycles. The Hall–Kier alpha value is -2.34. The van der Waals surface area contributed by atoms with Crippen LogP contribution in [0.4, 0.5) is 15.8 Å². The fourth-order valence-corrected chi connectivity index (χ4v) is 2.18. The number of rotatable bonds is 4. The summed E-state index contributed by atoms with van der Waals surface area (Å²) in [5.41, 5.74) is 2.35. The zero-order valence-corrected chi connectivity index (χ0v) is 13.4. The molecule has 22 heavy (non-hydrogen) atoms. The molecule has 2 aromatic rings. The summed E-state index contributed by atoms with van der Waals surface area (Å²) in [5.74, 6) is 0.406. The van der Waals surface area contributed by atoms with Gasteiger partial charge >= 0.3 is 0 Å². The first-order valence-electron chi connectivity index (χ1n) is 6.59. The minimum absolute atomic E-state index is 0.185. The highest BCUT2D eigenvalue weighted by atomic mass is 32.1. The molecule has 0 amide bonds. The second-order valence-corrected chi connectivity index (χ2v) is 5.04. The number of hydrogen-bond donors (Lipinski definition) is 2. The third-order valence-electron chi connectivity index (χ3n) is 3.01. The fourth-order valence-electron chi connectivity index (χ4n) is 1.95. The predicted molar refractivity (Wildman–Crippen MR) is 90.5 cm³/mol. The van der Waals surface area contributed by atoms with Crippen LogP contribution in [0, 0.1) is 12.7 Å². The molecule has 2 N–H and O–H groups in total. The van der Waals surface area contributed by atoms with E-state index < -0.39 is 5.82 Å². The number of ether oxygens (including phenoxy) is 2. The van der Waals surface area contributed by atoms with Gasteiger partial charge in [0.25, 0.3) is 0 Å². The molecule has 6 heteroatoms. The Morgan fingerprint density at radius 3 is 2.32 bits per heavy atom. The number of thiocarbonyl (C=S) groups is 1. The first kappa shape index (κ1) is 16.0. The van der Waals surface area contributed by atoms with Gasteiger partial charge in [-0.3, -0.25) is 0 Å². The van der Waals surface area contributed by atoms with Crippen LogP contribution >= 0.6 is 12.2 Å². The van der Waals surface area contributed by atoms with E-state index in [9.17, 15) is 4.39 Å². The largest absolute Gasteiger partial charge is 0.495 e. The zero-order chi connectivity index (χ0) is 16.1. The average molecular weight is 320 g/mol. The van der Waals surface area contributed by atoms with E-state index in [1.807, 2.05) is 25.1 Å². The highest BCUT2D eigenvalue weighted by Gasteiger charge is 2.07. The van der Waals surface area contributed by atoms with E-state index in [0.29, 0.717) is 16.5 Å². The molecule has 116 valence electrons. The van der Waals surface area contributed by atoms with E-state index >= 15 is 0 Å². The van der Waals surface area contributed by atoms with E-state index in [1.54, 1.807) is 13.2 Å². The van der Waals surface area contributed by atoms with E-state index in [1.165, 1.54) is 19.2 Å². The van der Waals surface area contributed by atoms with Crippen molar-refractivity contribution >= 4 is 28.7 Å². The number of anilines is 2. The van der Waals surface area contributed by atoms with Crippen molar-refractivity contribution in [2.75, 3.05) is 24.9 Å². The number of methoxy groups -OCH3 is 2. The molecule has 0 aliphatic heterocycles. The maximum Gasteiger partial charge on any atom is 0.175 e. The smallest absolute Gasteiger partial charge is 0.175 e. The summed E-state index contributed by atoms with van der Waals surface area (Å²) in [4.78, 5) is 0. The van der Waals surface area contributed by atoms with Crippen molar-refractivity contribution in [3.05, 3.63) is 47.8 Å². The first-order valence-corrected chi connectivity index (χ1v) is 7.00. The highest BCUT2D eigenvalue weighted by Crippen LogP contribution is 2.26. The second-order valence-electron chi connectivity index (χ2n) is 4.63. The molecule has 0 bridgehead atoms. The summed E-state index contributed by atoms with van der Waals surface area (Å²) in [6.45, 7) is 1.97. The lowest BCUT2D eigenvalue weighted by Crippen LogP contribution is -2.19. The van der Waals surface area contributed by atoms with Crippen LogP contribution in [-0.2, 0) is 0 Å². The molecule has 0 aliphatic carbocycles. The number of hydrogen-bond acceptors (Lipinski definition) is 3. The van der Waals surface area contributed by atoms with Crippen molar-refractivity contribution in [3.63, 3.8) is 0 Å². The van der Waals surface area contributed by atoms with Crippen LogP contribution in [0.25, 0.3) is 0 Å². The molecule has 0 unspecified atom stereocenters. The molecule has 4 nitrogen and oxygen atoms in total. The third kappa shape index (κ3) is 3.85. The van der Waals surface area contributed by atoms with Gasteiger partial charge in [0.05, 0.1) is 19.9 Å². The standard InChI is InChI=1S/C16H17FN2O2S/c1-10-4-6-15(21-3)13(8-10)19-16(22)18-11-5-7-14(20-2)12(17)9-11/h4-9H,1-3H3,(H2,18,19,22).